The highest BCUT2D eigenvalue weighted by Crippen LogP contribution is 2.28. The summed E-state index contributed by atoms with van der Waals surface area (Å²) in [5.41, 5.74) is 0. The van der Waals surface area contributed by atoms with E-state index in [2.05, 4.69) is 5.32 Å². The van der Waals surface area contributed by atoms with Gasteiger partial charge in [0.15, 0.2) is 0 Å². The Bertz CT molecular complexity index is 634. The number of rotatable bonds is 6. The maximum absolute atomic E-state index is 12.7. The predicted octanol–water partition coefficient (Wildman–Crippen LogP) is 3.91. The molecule has 0 bridgehead atoms. The summed E-state index contributed by atoms with van der Waals surface area (Å²) in [4.78, 5) is 0.348. The van der Waals surface area contributed by atoms with Gasteiger partial charge in [-0.1, -0.05) is 30.9 Å². The number of hydrogen-bond acceptors (Lipinski definition) is 3. The van der Waals surface area contributed by atoms with Gasteiger partial charge in [0.25, 0.3) is 0 Å². The van der Waals surface area contributed by atoms with Crippen LogP contribution in [0.2, 0.25) is 5.02 Å². The van der Waals surface area contributed by atoms with Crippen LogP contribution >= 0.6 is 11.6 Å². The van der Waals surface area contributed by atoms with Crippen LogP contribution in [0, 0.1) is 11.8 Å². The molecule has 2 heterocycles. The lowest BCUT2D eigenvalue weighted by Crippen LogP contribution is -2.38. The Hall–Kier alpha value is -0.620. The third kappa shape index (κ3) is 5.19. The van der Waals surface area contributed by atoms with Crippen molar-refractivity contribution in [3.63, 3.8) is 0 Å². The van der Waals surface area contributed by atoms with Crippen LogP contribution in [0.3, 0.4) is 0 Å². The molecule has 0 unspecified atom stereocenters. The van der Waals surface area contributed by atoms with Gasteiger partial charge in [-0.25, -0.2) is 8.42 Å². The molecule has 0 radical (unpaired) electrons. The highest BCUT2D eigenvalue weighted by atomic mass is 35.5. The van der Waals surface area contributed by atoms with Crippen molar-refractivity contribution in [3.8, 4) is 0 Å². The Morgan fingerprint density at radius 1 is 0.960 bits per heavy atom. The van der Waals surface area contributed by atoms with Crippen LogP contribution in [0.4, 0.5) is 0 Å². The number of sulfonamides is 1. The van der Waals surface area contributed by atoms with E-state index in [-0.39, 0.29) is 0 Å². The van der Waals surface area contributed by atoms with E-state index in [0.29, 0.717) is 28.9 Å². The fourth-order valence-corrected chi connectivity index (χ4v) is 5.66. The molecule has 0 aliphatic carbocycles. The molecule has 2 aliphatic heterocycles. The normalized spacial score (nSPS) is 21.5. The third-order valence-electron chi connectivity index (χ3n) is 5.71. The van der Waals surface area contributed by atoms with E-state index < -0.39 is 10.0 Å². The summed E-state index contributed by atoms with van der Waals surface area (Å²) in [6.45, 7) is 3.63. The topological polar surface area (TPSA) is 49.4 Å². The van der Waals surface area contributed by atoms with Gasteiger partial charge in [0.05, 0.1) is 4.90 Å². The molecule has 0 spiro atoms. The fourth-order valence-electron chi connectivity index (χ4n) is 4.06. The van der Waals surface area contributed by atoms with Crippen LogP contribution in [0.15, 0.2) is 29.2 Å². The van der Waals surface area contributed by atoms with E-state index in [1.165, 1.54) is 45.2 Å². The van der Waals surface area contributed by atoms with Crippen LogP contribution in [0.25, 0.3) is 0 Å². The van der Waals surface area contributed by atoms with Crippen LogP contribution in [0.5, 0.6) is 0 Å². The average Bonchev–Trinajstić information content (AvgIpc) is 2.63. The van der Waals surface area contributed by atoms with E-state index in [1.54, 1.807) is 28.6 Å². The van der Waals surface area contributed by atoms with E-state index in [0.717, 1.165) is 18.8 Å². The average molecular weight is 385 g/mol. The van der Waals surface area contributed by atoms with Crippen molar-refractivity contribution in [2.75, 3.05) is 26.2 Å². The van der Waals surface area contributed by atoms with Crippen LogP contribution in [-0.2, 0) is 10.0 Å². The van der Waals surface area contributed by atoms with Crippen molar-refractivity contribution in [2.45, 2.75) is 49.8 Å². The number of hydrogen-bond donors (Lipinski definition) is 1. The first kappa shape index (κ1) is 19.2. The molecule has 4 nitrogen and oxygen atoms in total. The van der Waals surface area contributed by atoms with E-state index in [1.807, 2.05) is 0 Å². The van der Waals surface area contributed by atoms with Crippen LogP contribution in [0.1, 0.15) is 44.9 Å². The molecule has 2 fully saturated rings. The van der Waals surface area contributed by atoms with Gasteiger partial charge < -0.3 is 5.32 Å². The summed E-state index contributed by atoms with van der Waals surface area (Å²) in [7, 11) is -3.37. The molecule has 6 heteroatoms. The number of nitrogens with one attached hydrogen (secondary N) is 1. The van der Waals surface area contributed by atoms with Crippen molar-refractivity contribution >= 4 is 21.6 Å². The first-order chi connectivity index (χ1) is 12.1. The highest BCUT2D eigenvalue weighted by Gasteiger charge is 2.29. The van der Waals surface area contributed by atoms with E-state index in [9.17, 15) is 8.42 Å². The molecule has 0 saturated carbocycles. The smallest absolute Gasteiger partial charge is 0.243 e. The maximum Gasteiger partial charge on any atom is 0.243 e. The van der Waals surface area contributed by atoms with Gasteiger partial charge in [0, 0.05) is 18.1 Å². The number of piperidine rings is 2. The standard InChI is InChI=1S/C19H29ClN2O2S/c20-18-4-6-19(7-5-18)25(23,24)22-14-10-17(11-15-22)3-1-2-16-8-12-21-13-9-16/h4-7,16-17,21H,1-3,8-15H2. The lowest BCUT2D eigenvalue weighted by Gasteiger charge is -2.31. The largest absolute Gasteiger partial charge is 0.317 e. The lowest BCUT2D eigenvalue weighted by molar-refractivity contribution is 0.250. The molecule has 1 aromatic carbocycles. The van der Waals surface area contributed by atoms with Gasteiger partial charge in [0.2, 0.25) is 10.0 Å². The van der Waals surface area contributed by atoms with Crippen LogP contribution < -0.4 is 5.32 Å². The molecule has 25 heavy (non-hydrogen) atoms. The van der Waals surface area contributed by atoms with Gasteiger partial charge in [-0.3, -0.25) is 0 Å². The van der Waals surface area contributed by atoms with Gasteiger partial charge in [-0.15, -0.1) is 0 Å². The number of nitrogens with zero attached hydrogens (tertiary/aromatic N) is 1. The van der Waals surface area contributed by atoms with Crippen molar-refractivity contribution < 1.29 is 8.42 Å². The Labute approximate surface area is 157 Å². The van der Waals surface area contributed by atoms with Crippen molar-refractivity contribution in [2.24, 2.45) is 11.8 Å². The molecular weight excluding hydrogens is 356 g/mol. The fraction of sp³-hybridized carbons (Fsp3) is 0.684. The SMILES string of the molecule is O=S(=O)(c1ccc(Cl)cc1)N1CCC(CCCC2CCNCC2)CC1. The van der Waals surface area contributed by atoms with Gasteiger partial charge in [0.1, 0.15) is 0 Å². The zero-order valence-corrected chi connectivity index (χ0v) is 16.4. The quantitative estimate of drug-likeness (QED) is 0.808. The summed E-state index contributed by atoms with van der Waals surface area (Å²) in [6, 6.07) is 6.48. The first-order valence-corrected chi connectivity index (χ1v) is 11.3. The van der Waals surface area contributed by atoms with Gasteiger partial charge in [-0.05, 0) is 74.9 Å². The Kier molecular flexibility index (Phi) is 6.78. The molecule has 3 rings (SSSR count). The molecule has 1 N–H and O–H groups in total. The minimum Gasteiger partial charge on any atom is -0.317 e. The van der Waals surface area contributed by atoms with Crippen molar-refractivity contribution in [3.05, 3.63) is 29.3 Å². The summed E-state index contributed by atoms with van der Waals surface area (Å²) in [6.07, 6.45) is 8.48. The minimum atomic E-state index is -3.37. The van der Waals surface area contributed by atoms with Crippen molar-refractivity contribution in [1.82, 2.24) is 9.62 Å². The summed E-state index contributed by atoms with van der Waals surface area (Å²) in [5, 5.41) is 3.98. The predicted molar refractivity (Wildman–Crippen MR) is 102 cm³/mol. The molecule has 2 aliphatic rings. The molecule has 140 valence electrons. The molecule has 0 atom stereocenters. The Morgan fingerprint density at radius 2 is 1.52 bits per heavy atom. The second kappa shape index (κ2) is 8.85. The lowest BCUT2D eigenvalue weighted by atomic mass is 9.87. The van der Waals surface area contributed by atoms with Gasteiger partial charge in [-0.2, -0.15) is 4.31 Å². The van der Waals surface area contributed by atoms with E-state index >= 15 is 0 Å². The number of benzene rings is 1. The number of halogens is 1. The minimum absolute atomic E-state index is 0.348. The first-order valence-electron chi connectivity index (χ1n) is 9.52. The second-order valence-electron chi connectivity index (χ2n) is 7.43. The summed E-state index contributed by atoms with van der Waals surface area (Å²) < 4.78 is 27.0. The Morgan fingerprint density at radius 3 is 2.12 bits per heavy atom. The molecular formula is C19H29ClN2O2S. The van der Waals surface area contributed by atoms with Crippen LogP contribution in [-0.4, -0.2) is 38.9 Å². The molecule has 1 aromatic rings. The third-order valence-corrected chi connectivity index (χ3v) is 7.87. The van der Waals surface area contributed by atoms with Gasteiger partial charge >= 0.3 is 0 Å². The highest BCUT2D eigenvalue weighted by molar-refractivity contribution is 7.89. The Balaban J connectivity index is 1.44. The monoisotopic (exact) mass is 384 g/mol. The van der Waals surface area contributed by atoms with E-state index in [4.69, 9.17) is 11.6 Å². The summed E-state index contributed by atoms with van der Waals surface area (Å²) >= 11 is 5.86. The molecule has 2 saturated heterocycles. The maximum atomic E-state index is 12.7. The second-order valence-corrected chi connectivity index (χ2v) is 9.80. The zero-order valence-electron chi connectivity index (χ0n) is 14.8. The summed E-state index contributed by atoms with van der Waals surface area (Å²) in [5.74, 6) is 1.57. The molecule has 0 amide bonds. The van der Waals surface area contributed by atoms with Crippen molar-refractivity contribution in [1.29, 1.82) is 0 Å². The zero-order chi connectivity index (χ0) is 17.7. The molecule has 0 aromatic heterocycles.